The lowest BCUT2D eigenvalue weighted by molar-refractivity contribution is -0.121. The fraction of sp³-hybridized carbons (Fsp3) is 0.167. The highest BCUT2D eigenvalue weighted by Crippen LogP contribution is 2.22. The fourth-order valence-electron chi connectivity index (χ4n) is 2.62. The van der Waals surface area contributed by atoms with E-state index in [-0.39, 0.29) is 25.1 Å². The molecule has 3 amide bonds. The van der Waals surface area contributed by atoms with Gasteiger partial charge < -0.3 is 5.32 Å². The molecule has 0 saturated heterocycles. The van der Waals surface area contributed by atoms with Crippen LogP contribution in [-0.2, 0) is 11.3 Å². The fourth-order valence-corrected chi connectivity index (χ4v) is 2.62. The van der Waals surface area contributed by atoms with Crippen molar-refractivity contribution in [1.82, 2.24) is 10.2 Å². The molecule has 128 valence electrons. The summed E-state index contributed by atoms with van der Waals surface area (Å²) in [4.78, 5) is 37.2. The van der Waals surface area contributed by atoms with Crippen molar-refractivity contribution in [1.29, 1.82) is 0 Å². The zero-order chi connectivity index (χ0) is 18.0. The molecule has 0 radical (unpaired) electrons. The third-order valence-electron chi connectivity index (χ3n) is 3.92. The number of benzene rings is 2. The quantitative estimate of drug-likeness (QED) is 0.846. The van der Waals surface area contributed by atoms with Crippen molar-refractivity contribution < 1.29 is 23.2 Å². The Morgan fingerprint density at radius 2 is 1.64 bits per heavy atom. The van der Waals surface area contributed by atoms with E-state index in [9.17, 15) is 23.2 Å². The summed E-state index contributed by atoms with van der Waals surface area (Å²) in [6, 6.07) is 9.41. The van der Waals surface area contributed by atoms with Crippen LogP contribution >= 0.6 is 0 Å². The van der Waals surface area contributed by atoms with Crippen LogP contribution in [-0.4, -0.2) is 29.2 Å². The highest BCUT2D eigenvalue weighted by molar-refractivity contribution is 6.21. The van der Waals surface area contributed by atoms with E-state index in [1.54, 1.807) is 24.3 Å². The number of amides is 3. The van der Waals surface area contributed by atoms with Gasteiger partial charge in [-0.15, -0.1) is 0 Å². The molecular formula is C18H14F2N2O3. The first-order chi connectivity index (χ1) is 12.0. The number of rotatable bonds is 5. The smallest absolute Gasteiger partial charge is 0.261 e. The molecule has 1 aliphatic rings. The van der Waals surface area contributed by atoms with Crippen molar-refractivity contribution >= 4 is 17.7 Å². The Balaban J connectivity index is 1.56. The first kappa shape index (κ1) is 16.8. The minimum atomic E-state index is -0.623. The van der Waals surface area contributed by atoms with Crippen molar-refractivity contribution in [2.45, 2.75) is 13.0 Å². The lowest BCUT2D eigenvalue weighted by Crippen LogP contribution is -2.34. The summed E-state index contributed by atoms with van der Waals surface area (Å²) in [6.07, 6.45) is -0.123. The van der Waals surface area contributed by atoms with Gasteiger partial charge in [0.15, 0.2) is 0 Å². The normalized spacial score (nSPS) is 13.1. The Bertz CT molecular complexity index is 832. The largest absolute Gasteiger partial charge is 0.352 e. The van der Waals surface area contributed by atoms with Crippen molar-refractivity contribution in [2.75, 3.05) is 6.54 Å². The molecule has 0 aromatic heterocycles. The van der Waals surface area contributed by atoms with E-state index in [4.69, 9.17) is 0 Å². The molecule has 3 rings (SSSR count). The zero-order valence-electron chi connectivity index (χ0n) is 13.1. The number of imide groups is 1. The van der Waals surface area contributed by atoms with Crippen LogP contribution in [0.3, 0.4) is 0 Å². The Hall–Kier alpha value is -3.09. The summed E-state index contributed by atoms with van der Waals surface area (Å²) in [5, 5.41) is 2.45. The predicted molar refractivity (Wildman–Crippen MR) is 84.6 cm³/mol. The average molecular weight is 344 g/mol. The molecule has 0 bridgehead atoms. The van der Waals surface area contributed by atoms with Gasteiger partial charge in [-0.2, -0.15) is 0 Å². The Kier molecular flexibility index (Phi) is 4.56. The third kappa shape index (κ3) is 3.40. The number of hydrogen-bond donors (Lipinski definition) is 1. The van der Waals surface area contributed by atoms with Gasteiger partial charge in [0, 0.05) is 25.1 Å². The summed E-state index contributed by atoms with van der Waals surface area (Å²) >= 11 is 0. The van der Waals surface area contributed by atoms with E-state index in [1.165, 1.54) is 0 Å². The number of hydrogen-bond acceptors (Lipinski definition) is 3. The number of nitrogens with one attached hydrogen (secondary N) is 1. The standard InChI is InChI=1S/C18H14F2N2O3/c19-12-5-6-15(20)11(9-12)10-21-16(23)7-8-22-17(24)13-3-1-2-4-14(13)18(22)25/h1-6,9H,7-8,10H2,(H,21,23). The Labute approximate surface area is 142 Å². The summed E-state index contributed by atoms with van der Waals surface area (Å²) in [5.74, 6) is -2.58. The van der Waals surface area contributed by atoms with Gasteiger partial charge in [-0.05, 0) is 30.3 Å². The topological polar surface area (TPSA) is 66.5 Å². The monoisotopic (exact) mass is 344 g/mol. The molecule has 5 nitrogen and oxygen atoms in total. The van der Waals surface area contributed by atoms with Gasteiger partial charge in [0.2, 0.25) is 5.91 Å². The molecule has 7 heteroatoms. The molecule has 2 aromatic carbocycles. The van der Waals surface area contributed by atoms with Gasteiger partial charge in [-0.25, -0.2) is 8.78 Å². The molecule has 2 aromatic rings. The van der Waals surface area contributed by atoms with E-state index < -0.39 is 29.4 Å². The first-order valence-corrected chi connectivity index (χ1v) is 7.63. The third-order valence-corrected chi connectivity index (χ3v) is 3.92. The van der Waals surface area contributed by atoms with Gasteiger partial charge in [0.25, 0.3) is 11.8 Å². The van der Waals surface area contributed by atoms with E-state index >= 15 is 0 Å². The molecule has 0 saturated carbocycles. The molecule has 0 unspecified atom stereocenters. The number of nitrogens with zero attached hydrogens (tertiary/aromatic N) is 1. The molecule has 0 atom stereocenters. The highest BCUT2D eigenvalue weighted by Gasteiger charge is 2.34. The van der Waals surface area contributed by atoms with Gasteiger partial charge in [-0.1, -0.05) is 12.1 Å². The van der Waals surface area contributed by atoms with Crippen LogP contribution < -0.4 is 5.32 Å². The highest BCUT2D eigenvalue weighted by atomic mass is 19.1. The van der Waals surface area contributed by atoms with Crippen LogP contribution in [0.1, 0.15) is 32.7 Å². The van der Waals surface area contributed by atoms with Crippen LogP contribution in [0.4, 0.5) is 8.78 Å². The minimum absolute atomic E-state index is 0.0223. The Morgan fingerprint density at radius 1 is 1.00 bits per heavy atom. The number of carbonyl (C=O) groups excluding carboxylic acids is 3. The molecule has 0 aliphatic carbocycles. The lowest BCUT2D eigenvalue weighted by atomic mass is 10.1. The lowest BCUT2D eigenvalue weighted by Gasteiger charge is -2.13. The van der Waals surface area contributed by atoms with Gasteiger partial charge in [-0.3, -0.25) is 19.3 Å². The molecule has 1 heterocycles. The molecule has 0 spiro atoms. The maximum atomic E-state index is 13.5. The molecule has 25 heavy (non-hydrogen) atoms. The van der Waals surface area contributed by atoms with Gasteiger partial charge >= 0.3 is 0 Å². The van der Waals surface area contributed by atoms with Crippen molar-refractivity contribution in [3.63, 3.8) is 0 Å². The molecule has 1 N–H and O–H groups in total. The predicted octanol–water partition coefficient (Wildman–Crippen LogP) is 2.27. The van der Waals surface area contributed by atoms with Gasteiger partial charge in [0.1, 0.15) is 11.6 Å². The minimum Gasteiger partial charge on any atom is -0.352 e. The number of carbonyl (C=O) groups is 3. The second kappa shape index (κ2) is 6.80. The van der Waals surface area contributed by atoms with Crippen LogP contribution in [0.15, 0.2) is 42.5 Å². The van der Waals surface area contributed by atoms with Crippen LogP contribution in [0, 0.1) is 11.6 Å². The second-order valence-corrected chi connectivity index (χ2v) is 5.57. The summed E-state index contributed by atoms with van der Waals surface area (Å²) in [7, 11) is 0. The van der Waals surface area contributed by atoms with E-state index in [1.807, 2.05) is 0 Å². The SMILES string of the molecule is O=C(CCN1C(=O)c2ccccc2C1=O)NCc1cc(F)ccc1F. The maximum absolute atomic E-state index is 13.5. The van der Waals surface area contributed by atoms with E-state index in [2.05, 4.69) is 5.32 Å². The average Bonchev–Trinajstić information content (AvgIpc) is 2.85. The van der Waals surface area contributed by atoms with Crippen LogP contribution in [0.2, 0.25) is 0 Å². The summed E-state index contributed by atoms with van der Waals surface area (Å²) in [5.41, 5.74) is 0.651. The van der Waals surface area contributed by atoms with Gasteiger partial charge in [0.05, 0.1) is 11.1 Å². The zero-order valence-corrected chi connectivity index (χ0v) is 13.1. The molecular weight excluding hydrogens is 330 g/mol. The molecule has 0 fully saturated rings. The Morgan fingerprint density at radius 3 is 2.28 bits per heavy atom. The van der Waals surface area contributed by atoms with E-state index in [0.717, 1.165) is 23.1 Å². The second-order valence-electron chi connectivity index (χ2n) is 5.57. The summed E-state index contributed by atoms with van der Waals surface area (Å²) in [6.45, 7) is -0.256. The first-order valence-electron chi connectivity index (χ1n) is 7.63. The van der Waals surface area contributed by atoms with E-state index in [0.29, 0.717) is 11.1 Å². The summed E-state index contributed by atoms with van der Waals surface area (Å²) < 4.78 is 26.6. The van der Waals surface area contributed by atoms with Crippen molar-refractivity contribution in [3.05, 3.63) is 70.8 Å². The van der Waals surface area contributed by atoms with Crippen LogP contribution in [0.25, 0.3) is 0 Å². The van der Waals surface area contributed by atoms with Crippen LogP contribution in [0.5, 0.6) is 0 Å². The number of fused-ring (bicyclic) bond motifs is 1. The maximum Gasteiger partial charge on any atom is 0.261 e. The number of halogens is 2. The van der Waals surface area contributed by atoms with Crippen molar-refractivity contribution in [3.8, 4) is 0 Å². The molecule has 1 aliphatic heterocycles. The van der Waals surface area contributed by atoms with Crippen molar-refractivity contribution in [2.24, 2.45) is 0 Å².